The molecular weight excluding hydrogens is 220 g/mol. The monoisotopic (exact) mass is 242 g/mol. The second-order valence-electron chi connectivity index (χ2n) is 5.26. The smallest absolute Gasteiger partial charge is 0.0456 e. The number of aromatic nitrogens is 1. The number of fused-ring (bicyclic) bond motifs is 3. The van der Waals surface area contributed by atoms with Crippen molar-refractivity contribution in [2.75, 3.05) is 13.1 Å². The Hall–Kier alpha value is -1.28. The van der Waals surface area contributed by atoms with E-state index in [1.165, 1.54) is 43.3 Å². The van der Waals surface area contributed by atoms with Gasteiger partial charge in [0.25, 0.3) is 0 Å². The van der Waals surface area contributed by atoms with E-state index < -0.39 is 0 Å². The number of hydrogen-bond acceptors (Lipinski definition) is 1. The maximum atomic E-state index is 3.33. The summed E-state index contributed by atoms with van der Waals surface area (Å²) in [6.07, 6.45) is 5.82. The van der Waals surface area contributed by atoms with Crippen molar-refractivity contribution in [1.82, 2.24) is 9.88 Å². The van der Waals surface area contributed by atoms with Gasteiger partial charge in [0, 0.05) is 23.1 Å². The van der Waals surface area contributed by atoms with E-state index in [4.69, 9.17) is 0 Å². The minimum atomic E-state index is 0.730. The van der Waals surface area contributed by atoms with Crippen molar-refractivity contribution in [2.45, 2.75) is 39.2 Å². The first-order chi connectivity index (χ1) is 8.83. The molecule has 0 radical (unpaired) electrons. The Balaban J connectivity index is 1.97. The van der Waals surface area contributed by atoms with Crippen molar-refractivity contribution in [2.24, 2.45) is 0 Å². The number of hydrogen-bond donors (Lipinski definition) is 1. The van der Waals surface area contributed by atoms with Crippen molar-refractivity contribution in [3.8, 4) is 0 Å². The summed E-state index contributed by atoms with van der Waals surface area (Å²) in [5.74, 6) is 0. The molecule has 2 aromatic rings. The van der Waals surface area contributed by atoms with Gasteiger partial charge in [-0.05, 0) is 55.6 Å². The average Bonchev–Trinajstić information content (AvgIpc) is 2.88. The van der Waals surface area contributed by atoms with Crippen LogP contribution in [0.1, 0.15) is 31.4 Å². The highest BCUT2D eigenvalue weighted by molar-refractivity contribution is 5.84. The van der Waals surface area contributed by atoms with Crippen LogP contribution in [0.15, 0.2) is 24.4 Å². The van der Waals surface area contributed by atoms with Crippen molar-refractivity contribution < 1.29 is 0 Å². The molecule has 0 fully saturated rings. The van der Waals surface area contributed by atoms with E-state index in [1.807, 2.05) is 0 Å². The third-order valence-electron chi connectivity index (χ3n) is 4.46. The molecule has 1 N–H and O–H groups in total. The van der Waals surface area contributed by atoms with Crippen LogP contribution in [0.4, 0.5) is 0 Å². The zero-order valence-electron chi connectivity index (χ0n) is 11.4. The molecule has 0 bridgehead atoms. The van der Waals surface area contributed by atoms with Crippen LogP contribution in [-0.2, 0) is 12.8 Å². The molecule has 2 nitrogen and oxygen atoms in total. The lowest BCUT2D eigenvalue weighted by Crippen LogP contribution is -2.39. The highest BCUT2D eigenvalue weighted by atomic mass is 15.1. The second-order valence-corrected chi connectivity index (χ2v) is 5.26. The molecule has 1 aromatic carbocycles. The quantitative estimate of drug-likeness (QED) is 0.874. The summed E-state index contributed by atoms with van der Waals surface area (Å²) in [6, 6.07) is 7.50. The van der Waals surface area contributed by atoms with Gasteiger partial charge in [-0.1, -0.05) is 19.9 Å². The highest BCUT2D eigenvalue weighted by Gasteiger charge is 2.23. The molecule has 1 unspecified atom stereocenters. The van der Waals surface area contributed by atoms with Gasteiger partial charge in [-0.15, -0.1) is 0 Å². The Morgan fingerprint density at radius 1 is 1.22 bits per heavy atom. The summed E-state index contributed by atoms with van der Waals surface area (Å²) in [7, 11) is 0. The van der Waals surface area contributed by atoms with E-state index in [0.29, 0.717) is 0 Å². The third kappa shape index (κ3) is 1.85. The van der Waals surface area contributed by atoms with E-state index in [1.54, 1.807) is 11.1 Å². The van der Waals surface area contributed by atoms with Gasteiger partial charge in [-0.2, -0.15) is 0 Å². The Bertz CT molecular complexity index is 537. The number of nitrogens with one attached hydrogen (secondary N) is 1. The SMILES string of the molecule is CCN(CC)C1CCc2ccc3[nH]ccc3c2C1. The summed E-state index contributed by atoms with van der Waals surface area (Å²) in [5.41, 5.74) is 4.43. The van der Waals surface area contributed by atoms with Gasteiger partial charge in [-0.25, -0.2) is 0 Å². The van der Waals surface area contributed by atoms with Crippen LogP contribution in [0.25, 0.3) is 10.9 Å². The minimum absolute atomic E-state index is 0.730. The predicted octanol–water partition coefficient (Wildman–Crippen LogP) is 3.37. The largest absolute Gasteiger partial charge is 0.361 e. The topological polar surface area (TPSA) is 19.0 Å². The molecule has 18 heavy (non-hydrogen) atoms. The number of aryl methyl sites for hydroxylation is 1. The van der Waals surface area contributed by atoms with Crippen molar-refractivity contribution in [3.05, 3.63) is 35.5 Å². The Morgan fingerprint density at radius 2 is 2.06 bits per heavy atom. The van der Waals surface area contributed by atoms with Crippen LogP contribution in [0.3, 0.4) is 0 Å². The lowest BCUT2D eigenvalue weighted by Gasteiger charge is -2.34. The number of H-pyrrole nitrogens is 1. The number of nitrogens with zero attached hydrogens (tertiary/aromatic N) is 1. The van der Waals surface area contributed by atoms with Crippen LogP contribution in [0, 0.1) is 0 Å². The molecule has 1 heterocycles. The average molecular weight is 242 g/mol. The van der Waals surface area contributed by atoms with Crippen molar-refractivity contribution >= 4 is 10.9 Å². The first kappa shape index (κ1) is 11.8. The van der Waals surface area contributed by atoms with Crippen LogP contribution in [0.2, 0.25) is 0 Å². The van der Waals surface area contributed by atoms with Crippen LogP contribution < -0.4 is 0 Å². The standard InChI is InChI=1S/C16H22N2/c1-3-18(4-2)13-7-5-12-6-8-16-14(9-10-17-16)15(12)11-13/h6,8-10,13,17H,3-5,7,11H2,1-2H3. The summed E-state index contributed by atoms with van der Waals surface area (Å²) in [6.45, 7) is 6.88. The minimum Gasteiger partial charge on any atom is -0.361 e. The van der Waals surface area contributed by atoms with Crippen LogP contribution in [-0.4, -0.2) is 29.0 Å². The summed E-state index contributed by atoms with van der Waals surface area (Å²) >= 11 is 0. The fourth-order valence-corrected chi connectivity index (χ4v) is 3.43. The number of aromatic amines is 1. The lowest BCUT2D eigenvalue weighted by molar-refractivity contribution is 0.199. The molecule has 1 atom stereocenters. The van der Waals surface area contributed by atoms with E-state index in [9.17, 15) is 0 Å². The lowest BCUT2D eigenvalue weighted by atomic mass is 9.85. The molecule has 0 saturated heterocycles. The van der Waals surface area contributed by atoms with Gasteiger partial charge in [0.1, 0.15) is 0 Å². The molecule has 0 amide bonds. The first-order valence-electron chi connectivity index (χ1n) is 7.15. The maximum absolute atomic E-state index is 3.33. The molecule has 1 aliphatic rings. The molecule has 1 aromatic heterocycles. The van der Waals surface area contributed by atoms with Crippen molar-refractivity contribution in [3.63, 3.8) is 0 Å². The maximum Gasteiger partial charge on any atom is 0.0456 e. The van der Waals surface area contributed by atoms with Gasteiger partial charge < -0.3 is 9.88 Å². The van der Waals surface area contributed by atoms with E-state index in [0.717, 1.165) is 6.04 Å². The summed E-state index contributed by atoms with van der Waals surface area (Å²) < 4.78 is 0. The zero-order chi connectivity index (χ0) is 12.5. The molecule has 0 spiro atoms. The number of benzene rings is 1. The van der Waals surface area contributed by atoms with E-state index in [2.05, 4.69) is 48.1 Å². The number of likely N-dealkylation sites (N-methyl/N-ethyl adjacent to an activating group) is 1. The van der Waals surface area contributed by atoms with Gasteiger partial charge in [-0.3, -0.25) is 0 Å². The molecule has 2 heteroatoms. The number of rotatable bonds is 3. The summed E-state index contributed by atoms with van der Waals surface area (Å²) in [4.78, 5) is 5.93. The summed E-state index contributed by atoms with van der Waals surface area (Å²) in [5, 5.41) is 1.43. The molecule has 0 aliphatic heterocycles. The zero-order valence-corrected chi connectivity index (χ0v) is 11.4. The van der Waals surface area contributed by atoms with E-state index >= 15 is 0 Å². The Labute approximate surface area is 109 Å². The van der Waals surface area contributed by atoms with Crippen molar-refractivity contribution in [1.29, 1.82) is 0 Å². The molecule has 96 valence electrons. The van der Waals surface area contributed by atoms with Gasteiger partial charge in [0.15, 0.2) is 0 Å². The third-order valence-corrected chi connectivity index (χ3v) is 4.46. The van der Waals surface area contributed by atoms with Crippen LogP contribution >= 0.6 is 0 Å². The fraction of sp³-hybridized carbons (Fsp3) is 0.500. The molecule has 1 aliphatic carbocycles. The van der Waals surface area contributed by atoms with Gasteiger partial charge in [0.2, 0.25) is 0 Å². The Kier molecular flexibility index (Phi) is 3.13. The fourth-order valence-electron chi connectivity index (χ4n) is 3.43. The molecule has 3 rings (SSSR count). The first-order valence-corrected chi connectivity index (χ1v) is 7.15. The van der Waals surface area contributed by atoms with Gasteiger partial charge >= 0.3 is 0 Å². The molecule has 0 saturated carbocycles. The Morgan fingerprint density at radius 3 is 2.83 bits per heavy atom. The van der Waals surface area contributed by atoms with Gasteiger partial charge in [0.05, 0.1) is 0 Å². The molecular formula is C16H22N2. The normalized spacial score (nSPS) is 19.4. The highest BCUT2D eigenvalue weighted by Crippen LogP contribution is 2.30. The predicted molar refractivity (Wildman–Crippen MR) is 77.0 cm³/mol. The van der Waals surface area contributed by atoms with E-state index in [-0.39, 0.29) is 0 Å². The van der Waals surface area contributed by atoms with Crippen LogP contribution in [0.5, 0.6) is 0 Å². The second kappa shape index (κ2) is 4.77.